The highest BCUT2D eigenvalue weighted by molar-refractivity contribution is 5.85. The lowest BCUT2D eigenvalue weighted by Gasteiger charge is -2.28. The lowest BCUT2D eigenvalue weighted by atomic mass is 9.86. The molecule has 2 atom stereocenters. The Balaban J connectivity index is 2.10. The number of carbonyl (C=O) groups is 2. The molecule has 0 spiro atoms. The molecule has 126 valence electrons. The van der Waals surface area contributed by atoms with E-state index in [4.69, 9.17) is 4.74 Å². The van der Waals surface area contributed by atoms with Crippen molar-refractivity contribution in [1.29, 1.82) is 0 Å². The van der Waals surface area contributed by atoms with Crippen molar-refractivity contribution in [2.24, 2.45) is 11.8 Å². The smallest absolute Gasteiger partial charge is 0.330 e. The number of hydrogen-bond donors (Lipinski definition) is 2. The Bertz CT molecular complexity index is 578. The summed E-state index contributed by atoms with van der Waals surface area (Å²) in [4.78, 5) is 24.1. The molecule has 1 aliphatic heterocycles. The zero-order valence-electron chi connectivity index (χ0n) is 14.0. The number of carbonyl (C=O) groups excluding carboxylic acids is 1. The number of aliphatic carboxylic acids is 1. The van der Waals surface area contributed by atoms with Gasteiger partial charge in [-0.1, -0.05) is 25.1 Å². The lowest BCUT2D eigenvalue weighted by molar-refractivity contribution is -0.143. The van der Waals surface area contributed by atoms with Gasteiger partial charge in [0, 0.05) is 19.1 Å². The Kier molecular flexibility index (Phi) is 5.77. The van der Waals surface area contributed by atoms with Gasteiger partial charge in [-0.25, -0.2) is 4.79 Å². The molecule has 1 amide bonds. The summed E-state index contributed by atoms with van der Waals surface area (Å²) in [6.07, 6.45) is 1.69. The fourth-order valence-corrected chi connectivity index (χ4v) is 2.94. The molecule has 2 unspecified atom stereocenters. The Morgan fingerprint density at radius 3 is 2.43 bits per heavy atom. The summed E-state index contributed by atoms with van der Waals surface area (Å²) in [5, 5.41) is 12.2. The minimum absolute atomic E-state index is 0.206. The van der Waals surface area contributed by atoms with E-state index in [9.17, 15) is 14.7 Å². The zero-order valence-corrected chi connectivity index (χ0v) is 14.0. The van der Waals surface area contributed by atoms with Crippen molar-refractivity contribution in [3.8, 4) is 0 Å². The molecule has 2 N–H and O–H groups in total. The molecule has 1 aromatic carbocycles. The Hall–Kier alpha value is -1.88. The first-order valence-electron chi connectivity index (χ1n) is 8.08. The third-order valence-corrected chi connectivity index (χ3v) is 4.78. The van der Waals surface area contributed by atoms with Crippen LogP contribution in [0.1, 0.15) is 42.5 Å². The van der Waals surface area contributed by atoms with E-state index in [1.54, 1.807) is 6.07 Å². The van der Waals surface area contributed by atoms with Gasteiger partial charge in [0.1, 0.15) is 0 Å². The third-order valence-electron chi connectivity index (χ3n) is 4.78. The van der Waals surface area contributed by atoms with Crippen LogP contribution in [-0.2, 0) is 14.3 Å². The summed E-state index contributed by atoms with van der Waals surface area (Å²) in [6, 6.07) is 4.46. The summed E-state index contributed by atoms with van der Waals surface area (Å²) in [5.41, 5.74) is 2.72. The second kappa shape index (κ2) is 7.59. The summed E-state index contributed by atoms with van der Waals surface area (Å²) in [6.45, 7) is 7.11. The number of benzene rings is 1. The molecule has 0 radical (unpaired) electrons. The number of rotatable bonds is 5. The molecule has 1 aliphatic rings. The van der Waals surface area contributed by atoms with Crippen molar-refractivity contribution in [3.05, 3.63) is 34.9 Å². The highest BCUT2D eigenvalue weighted by atomic mass is 16.5. The van der Waals surface area contributed by atoms with Crippen molar-refractivity contribution in [3.63, 3.8) is 0 Å². The molecule has 1 fully saturated rings. The molecule has 23 heavy (non-hydrogen) atoms. The first-order valence-corrected chi connectivity index (χ1v) is 8.08. The maximum Gasteiger partial charge on any atom is 0.330 e. The van der Waals surface area contributed by atoms with E-state index in [1.807, 2.05) is 32.9 Å². The number of hydrogen-bond acceptors (Lipinski definition) is 3. The third kappa shape index (κ3) is 4.32. The van der Waals surface area contributed by atoms with Crippen LogP contribution in [0, 0.1) is 25.7 Å². The Morgan fingerprint density at radius 1 is 1.22 bits per heavy atom. The molecule has 5 heteroatoms. The van der Waals surface area contributed by atoms with Gasteiger partial charge in [-0.3, -0.25) is 4.79 Å². The number of nitrogens with one attached hydrogen (secondary N) is 1. The Morgan fingerprint density at radius 2 is 1.87 bits per heavy atom. The van der Waals surface area contributed by atoms with E-state index in [1.165, 1.54) is 0 Å². The molecule has 1 aromatic rings. The Labute approximate surface area is 137 Å². The minimum Gasteiger partial charge on any atom is -0.479 e. The quantitative estimate of drug-likeness (QED) is 0.875. The van der Waals surface area contributed by atoms with Crippen molar-refractivity contribution < 1.29 is 19.4 Å². The van der Waals surface area contributed by atoms with Gasteiger partial charge in [0.25, 0.3) is 0 Å². The first-order chi connectivity index (χ1) is 10.9. The zero-order chi connectivity index (χ0) is 17.0. The topological polar surface area (TPSA) is 75.6 Å². The highest BCUT2D eigenvalue weighted by Crippen LogP contribution is 2.25. The number of carboxylic acid groups (broad SMARTS) is 1. The van der Waals surface area contributed by atoms with Crippen LogP contribution in [0.4, 0.5) is 0 Å². The van der Waals surface area contributed by atoms with Crippen LogP contribution < -0.4 is 5.32 Å². The molecule has 0 aromatic heterocycles. The van der Waals surface area contributed by atoms with Crippen LogP contribution in [0.5, 0.6) is 0 Å². The fraction of sp³-hybridized carbons (Fsp3) is 0.556. The molecule has 0 bridgehead atoms. The van der Waals surface area contributed by atoms with E-state index >= 15 is 0 Å². The van der Waals surface area contributed by atoms with Gasteiger partial charge in [0.05, 0.1) is 0 Å². The predicted molar refractivity (Wildman–Crippen MR) is 87.1 cm³/mol. The van der Waals surface area contributed by atoms with E-state index in [2.05, 4.69) is 5.32 Å². The average molecular weight is 319 g/mol. The minimum atomic E-state index is -1.04. The van der Waals surface area contributed by atoms with Crippen LogP contribution in [-0.4, -0.2) is 30.2 Å². The molecular weight excluding hydrogens is 294 g/mol. The first kappa shape index (κ1) is 17.5. The highest BCUT2D eigenvalue weighted by Gasteiger charge is 2.30. The van der Waals surface area contributed by atoms with Crippen molar-refractivity contribution >= 4 is 11.9 Å². The maximum absolute atomic E-state index is 12.5. The van der Waals surface area contributed by atoms with Gasteiger partial charge in [0.15, 0.2) is 6.04 Å². The van der Waals surface area contributed by atoms with Crippen LogP contribution in [0.15, 0.2) is 18.2 Å². The molecule has 2 rings (SSSR count). The summed E-state index contributed by atoms with van der Waals surface area (Å²) < 4.78 is 5.32. The van der Waals surface area contributed by atoms with E-state index in [0.29, 0.717) is 18.8 Å². The van der Waals surface area contributed by atoms with E-state index < -0.39 is 12.0 Å². The predicted octanol–water partition coefficient (Wildman–Crippen LogP) is 2.61. The largest absolute Gasteiger partial charge is 0.479 e. The molecule has 5 nitrogen and oxygen atoms in total. The SMILES string of the molecule is Cc1ccc(C(NC(=O)C(C)C2CCOCC2)C(=O)O)cc1C. The second-order valence-electron chi connectivity index (χ2n) is 6.36. The normalized spacial score (nSPS) is 18.2. The van der Waals surface area contributed by atoms with E-state index in [0.717, 1.165) is 24.0 Å². The number of aryl methyl sites for hydroxylation is 2. The van der Waals surface area contributed by atoms with Crippen molar-refractivity contribution in [2.45, 2.75) is 39.7 Å². The maximum atomic E-state index is 12.5. The molecule has 0 saturated carbocycles. The van der Waals surface area contributed by atoms with Crippen molar-refractivity contribution in [2.75, 3.05) is 13.2 Å². The summed E-state index contributed by atoms with van der Waals surface area (Å²) in [7, 11) is 0. The van der Waals surface area contributed by atoms with Gasteiger partial charge in [0.2, 0.25) is 5.91 Å². The molecule has 0 aliphatic carbocycles. The van der Waals surface area contributed by atoms with Gasteiger partial charge < -0.3 is 15.2 Å². The average Bonchev–Trinajstić information content (AvgIpc) is 2.55. The van der Waals surface area contributed by atoms with Crippen LogP contribution in [0.25, 0.3) is 0 Å². The van der Waals surface area contributed by atoms with Gasteiger partial charge >= 0.3 is 5.97 Å². The molecular formula is C18H25NO4. The summed E-state index contributed by atoms with van der Waals surface area (Å²) in [5.74, 6) is -1.21. The molecule has 1 heterocycles. The second-order valence-corrected chi connectivity index (χ2v) is 6.36. The van der Waals surface area contributed by atoms with Gasteiger partial charge in [-0.15, -0.1) is 0 Å². The van der Waals surface area contributed by atoms with E-state index in [-0.39, 0.29) is 17.7 Å². The fourth-order valence-electron chi connectivity index (χ4n) is 2.94. The van der Waals surface area contributed by atoms with Gasteiger partial charge in [-0.2, -0.15) is 0 Å². The lowest BCUT2D eigenvalue weighted by Crippen LogP contribution is -2.40. The summed E-state index contributed by atoms with van der Waals surface area (Å²) >= 11 is 0. The monoisotopic (exact) mass is 319 g/mol. The van der Waals surface area contributed by atoms with Crippen LogP contribution >= 0.6 is 0 Å². The molecule has 1 saturated heterocycles. The number of ether oxygens (including phenoxy) is 1. The number of carboxylic acids is 1. The van der Waals surface area contributed by atoms with Crippen molar-refractivity contribution in [1.82, 2.24) is 5.32 Å². The van der Waals surface area contributed by atoms with Crippen LogP contribution in [0.2, 0.25) is 0 Å². The van der Waals surface area contributed by atoms with Crippen LogP contribution in [0.3, 0.4) is 0 Å². The van der Waals surface area contributed by atoms with Gasteiger partial charge in [-0.05, 0) is 49.3 Å². The standard InChI is InChI=1S/C18H25NO4/c1-11-4-5-15(10-12(11)2)16(18(21)22)19-17(20)13(3)14-6-8-23-9-7-14/h4-5,10,13-14,16H,6-9H2,1-3H3,(H,19,20)(H,21,22). The number of amides is 1.